The lowest BCUT2D eigenvalue weighted by Gasteiger charge is -2.35. The summed E-state index contributed by atoms with van der Waals surface area (Å²) in [5, 5.41) is 14.0. The Labute approximate surface area is 281 Å². The van der Waals surface area contributed by atoms with Crippen molar-refractivity contribution in [1.29, 1.82) is 0 Å². The fraction of sp³-hybridized carbons (Fsp3) is 0.485. The molecule has 12 nitrogen and oxygen atoms in total. The summed E-state index contributed by atoms with van der Waals surface area (Å²) in [6.07, 6.45) is -0.843. The first-order chi connectivity index (χ1) is 23.2. The Morgan fingerprint density at radius 2 is 1.71 bits per heavy atom. The van der Waals surface area contributed by atoms with Crippen LogP contribution in [0.2, 0.25) is 0 Å². The maximum absolute atomic E-state index is 14.6. The minimum Gasteiger partial charge on any atom is -0.494 e. The van der Waals surface area contributed by atoms with Crippen LogP contribution >= 0.6 is 0 Å². The number of carbonyl (C=O) groups is 5. The number of likely N-dealkylation sites (tertiary alicyclic amines) is 1. The van der Waals surface area contributed by atoms with Gasteiger partial charge in [-0.1, -0.05) is 38.5 Å². The molecule has 1 aliphatic heterocycles. The van der Waals surface area contributed by atoms with Crippen molar-refractivity contribution in [3.63, 3.8) is 0 Å². The first kappa shape index (κ1) is 38.7. The van der Waals surface area contributed by atoms with Gasteiger partial charge >= 0.3 is 0 Å². The van der Waals surface area contributed by atoms with E-state index in [4.69, 9.17) is 4.74 Å². The molecule has 1 unspecified atom stereocenters. The standard InChI is InChI=1S/C33H41F4N5O7/c1-4-20(2)28(31(46)39-25(30(45)40-48)12-13-38-29(44)21-15-22(34)17-23(35)16-21)41(3)32(47)26-18-33(36,37)19-42(26)27(43)11-8-14-49-24-9-6-5-7-10-24/h5-7,9-10,15-17,20,25-26,28,48H,4,8,11-14,18-19H2,1-3H3,(H,38,44)(H,39,46)(H,40,45)/t20?,25-,26-,28-/m0/s1. The first-order valence-corrected chi connectivity index (χ1v) is 15.8. The molecule has 1 fully saturated rings. The van der Waals surface area contributed by atoms with E-state index < -0.39 is 84.1 Å². The van der Waals surface area contributed by atoms with E-state index in [1.165, 1.54) is 12.5 Å². The molecule has 16 heteroatoms. The molecule has 2 aromatic rings. The molecular formula is C33H41F4N5O7. The van der Waals surface area contributed by atoms with Crippen LogP contribution in [-0.4, -0.2) is 95.3 Å². The quantitative estimate of drug-likeness (QED) is 0.0911. The second-order valence-electron chi connectivity index (χ2n) is 11.9. The Morgan fingerprint density at radius 1 is 1.06 bits per heavy atom. The van der Waals surface area contributed by atoms with E-state index in [0.29, 0.717) is 18.2 Å². The van der Waals surface area contributed by atoms with Crippen molar-refractivity contribution in [2.75, 3.05) is 26.7 Å². The molecule has 268 valence electrons. The molecule has 2 aromatic carbocycles. The number of hydroxylamine groups is 1. The lowest BCUT2D eigenvalue weighted by Crippen LogP contribution is -2.58. The summed E-state index contributed by atoms with van der Waals surface area (Å²) >= 11 is 0. The van der Waals surface area contributed by atoms with Crippen LogP contribution in [-0.2, 0) is 19.2 Å². The minimum absolute atomic E-state index is 0.143. The Hall–Kier alpha value is -4.73. The normalized spacial score (nSPS) is 17.0. The summed E-state index contributed by atoms with van der Waals surface area (Å²) in [6.45, 7) is 2.24. The third-order valence-electron chi connectivity index (χ3n) is 8.23. The van der Waals surface area contributed by atoms with Gasteiger partial charge in [0.15, 0.2) is 0 Å². The molecule has 0 radical (unpaired) electrons. The maximum Gasteiger partial charge on any atom is 0.267 e. The van der Waals surface area contributed by atoms with Gasteiger partial charge in [0.25, 0.3) is 17.7 Å². The van der Waals surface area contributed by atoms with Crippen LogP contribution < -0.4 is 20.9 Å². The van der Waals surface area contributed by atoms with Gasteiger partial charge in [0.2, 0.25) is 17.7 Å². The van der Waals surface area contributed by atoms with E-state index >= 15 is 0 Å². The summed E-state index contributed by atoms with van der Waals surface area (Å²) in [6, 6.07) is 6.70. The number of nitrogens with zero attached hydrogens (tertiary/aromatic N) is 2. The molecular weight excluding hydrogens is 654 g/mol. The molecule has 49 heavy (non-hydrogen) atoms. The highest BCUT2D eigenvalue weighted by atomic mass is 19.3. The third-order valence-corrected chi connectivity index (χ3v) is 8.23. The smallest absolute Gasteiger partial charge is 0.267 e. The predicted molar refractivity (Wildman–Crippen MR) is 167 cm³/mol. The topological polar surface area (TPSA) is 157 Å². The number of nitrogens with one attached hydrogen (secondary N) is 3. The summed E-state index contributed by atoms with van der Waals surface area (Å²) in [4.78, 5) is 66.9. The summed E-state index contributed by atoms with van der Waals surface area (Å²) in [5.74, 6) is -9.66. The maximum atomic E-state index is 14.6. The van der Waals surface area contributed by atoms with Gasteiger partial charge in [-0.15, -0.1) is 0 Å². The van der Waals surface area contributed by atoms with E-state index in [9.17, 15) is 46.7 Å². The minimum atomic E-state index is -3.35. The summed E-state index contributed by atoms with van der Waals surface area (Å²) < 4.78 is 61.8. The van der Waals surface area contributed by atoms with Gasteiger partial charge in [-0.2, -0.15) is 0 Å². The lowest BCUT2D eigenvalue weighted by atomic mass is 9.95. The van der Waals surface area contributed by atoms with Crippen molar-refractivity contribution >= 4 is 29.5 Å². The molecule has 1 aliphatic rings. The van der Waals surface area contributed by atoms with Gasteiger partial charge in [-0.3, -0.25) is 29.2 Å². The predicted octanol–water partition coefficient (Wildman–Crippen LogP) is 3.04. The van der Waals surface area contributed by atoms with Crippen LogP contribution in [0.3, 0.4) is 0 Å². The molecule has 0 aliphatic carbocycles. The molecule has 3 rings (SSSR count). The van der Waals surface area contributed by atoms with Crippen molar-refractivity contribution in [3.05, 3.63) is 65.7 Å². The molecule has 5 amide bonds. The average Bonchev–Trinajstić information content (AvgIpc) is 3.40. The van der Waals surface area contributed by atoms with Gasteiger partial charge in [-0.05, 0) is 43.0 Å². The third kappa shape index (κ3) is 10.9. The number of halogens is 4. The Bertz CT molecular complexity index is 1460. The monoisotopic (exact) mass is 695 g/mol. The lowest BCUT2D eigenvalue weighted by molar-refractivity contribution is -0.148. The Morgan fingerprint density at radius 3 is 2.33 bits per heavy atom. The van der Waals surface area contributed by atoms with Gasteiger partial charge in [-0.25, -0.2) is 23.0 Å². The highest BCUT2D eigenvalue weighted by Gasteiger charge is 2.51. The molecule has 0 saturated carbocycles. The van der Waals surface area contributed by atoms with Gasteiger partial charge in [0.05, 0.1) is 13.2 Å². The van der Waals surface area contributed by atoms with Crippen molar-refractivity contribution in [1.82, 2.24) is 25.9 Å². The largest absolute Gasteiger partial charge is 0.494 e. The molecule has 4 N–H and O–H groups in total. The summed E-state index contributed by atoms with van der Waals surface area (Å²) in [7, 11) is 1.24. The van der Waals surface area contributed by atoms with Crippen LogP contribution in [0.1, 0.15) is 56.3 Å². The number of likely N-dealkylation sites (N-methyl/N-ethyl adjacent to an activating group) is 1. The van der Waals surface area contributed by atoms with Gasteiger partial charge in [0.1, 0.15) is 35.5 Å². The van der Waals surface area contributed by atoms with E-state index in [0.717, 1.165) is 21.9 Å². The molecule has 1 heterocycles. The number of amides is 5. The number of rotatable bonds is 16. The Kier molecular flexibility index (Phi) is 13.9. The second-order valence-corrected chi connectivity index (χ2v) is 11.9. The van der Waals surface area contributed by atoms with Crippen molar-refractivity contribution in [3.8, 4) is 5.75 Å². The van der Waals surface area contributed by atoms with Gasteiger partial charge in [0, 0.05) is 38.1 Å². The first-order valence-electron chi connectivity index (χ1n) is 15.8. The van der Waals surface area contributed by atoms with Crippen LogP contribution in [0.4, 0.5) is 17.6 Å². The zero-order chi connectivity index (χ0) is 36.3. The molecule has 4 atom stereocenters. The van der Waals surface area contributed by atoms with Crippen LogP contribution in [0, 0.1) is 17.6 Å². The molecule has 0 spiro atoms. The van der Waals surface area contributed by atoms with Crippen LogP contribution in [0.15, 0.2) is 48.5 Å². The van der Waals surface area contributed by atoms with E-state index in [1.807, 2.05) is 6.07 Å². The fourth-order valence-corrected chi connectivity index (χ4v) is 5.51. The van der Waals surface area contributed by atoms with Crippen molar-refractivity contribution in [2.24, 2.45) is 5.92 Å². The number of para-hydroxylation sites is 1. The van der Waals surface area contributed by atoms with Crippen molar-refractivity contribution < 1.29 is 51.5 Å². The Balaban J connectivity index is 1.68. The highest BCUT2D eigenvalue weighted by Crippen LogP contribution is 2.34. The number of carbonyl (C=O) groups excluding carboxylic acids is 5. The average molecular weight is 696 g/mol. The SMILES string of the molecule is CCC(C)[C@@H](C(=O)N[C@@H](CCNC(=O)c1cc(F)cc(F)c1)C(=O)NO)N(C)C(=O)[C@@H]1CC(F)(F)CN1C(=O)CCCOc1ccccc1. The second kappa shape index (κ2) is 17.6. The zero-order valence-electron chi connectivity index (χ0n) is 27.4. The van der Waals surface area contributed by atoms with E-state index in [-0.39, 0.29) is 38.0 Å². The van der Waals surface area contributed by atoms with E-state index in [1.54, 1.807) is 38.1 Å². The number of alkyl halides is 2. The number of hydrogen-bond acceptors (Lipinski definition) is 7. The van der Waals surface area contributed by atoms with E-state index in [2.05, 4.69) is 10.6 Å². The van der Waals surface area contributed by atoms with Crippen molar-refractivity contribution in [2.45, 2.75) is 70.0 Å². The zero-order valence-corrected chi connectivity index (χ0v) is 27.4. The number of hydrogen-bond donors (Lipinski definition) is 4. The molecule has 0 aromatic heterocycles. The highest BCUT2D eigenvalue weighted by molar-refractivity contribution is 5.95. The molecule has 0 bridgehead atoms. The molecule has 1 saturated heterocycles. The van der Waals surface area contributed by atoms with Crippen LogP contribution in [0.25, 0.3) is 0 Å². The number of benzene rings is 2. The fourth-order valence-electron chi connectivity index (χ4n) is 5.51. The summed E-state index contributed by atoms with van der Waals surface area (Å²) in [5.41, 5.74) is 1.08. The van der Waals surface area contributed by atoms with Gasteiger partial charge < -0.3 is 25.2 Å². The number of ether oxygens (including phenoxy) is 1. The van der Waals surface area contributed by atoms with Crippen LogP contribution in [0.5, 0.6) is 5.75 Å².